The Kier molecular flexibility index (Phi) is 3.93. The molecule has 0 fully saturated rings. The van der Waals surface area contributed by atoms with Crippen LogP contribution >= 0.6 is 0 Å². The first kappa shape index (κ1) is 15.4. The van der Waals surface area contributed by atoms with Crippen molar-refractivity contribution >= 4 is 17.9 Å². The number of hydrogen-bond acceptors (Lipinski definition) is 5. The largest absolute Gasteiger partial charge is 0.490 e. The van der Waals surface area contributed by atoms with E-state index in [1.54, 1.807) is 36.4 Å². The molecule has 2 heterocycles. The summed E-state index contributed by atoms with van der Waals surface area (Å²) in [6.45, 7) is 1.18. The van der Waals surface area contributed by atoms with Crippen LogP contribution in [0.4, 0.5) is 4.39 Å². The van der Waals surface area contributed by atoms with Gasteiger partial charge in [0, 0.05) is 6.42 Å². The predicted molar refractivity (Wildman–Crippen MR) is 89.1 cm³/mol. The number of nitrogens with zero attached hydrogens (tertiary/aromatic N) is 1. The van der Waals surface area contributed by atoms with Crippen LogP contribution in [0.3, 0.4) is 0 Å². The molecule has 0 unspecified atom stereocenters. The van der Waals surface area contributed by atoms with Gasteiger partial charge in [-0.1, -0.05) is 18.2 Å². The maximum absolute atomic E-state index is 13.8. The molecule has 126 valence electrons. The average Bonchev–Trinajstić information content (AvgIpc) is 2.82. The normalized spacial score (nSPS) is 17.9. The number of aliphatic imine (C=N–C) groups is 1. The number of esters is 1. The molecule has 6 heteroatoms. The van der Waals surface area contributed by atoms with Gasteiger partial charge in [0.15, 0.2) is 17.2 Å². The number of ether oxygens (including phenoxy) is 3. The fourth-order valence-corrected chi connectivity index (χ4v) is 2.59. The fourth-order valence-electron chi connectivity index (χ4n) is 2.59. The summed E-state index contributed by atoms with van der Waals surface area (Å²) in [5.74, 6) is 0.139. The van der Waals surface area contributed by atoms with Crippen molar-refractivity contribution in [3.63, 3.8) is 0 Å². The average molecular weight is 339 g/mol. The number of rotatable bonds is 2. The van der Waals surface area contributed by atoms with E-state index < -0.39 is 11.8 Å². The molecule has 2 aromatic carbocycles. The molecular weight excluding hydrogens is 325 g/mol. The number of cyclic esters (lactones) is 1. The van der Waals surface area contributed by atoms with E-state index in [1.165, 1.54) is 12.1 Å². The molecule has 0 amide bonds. The lowest BCUT2D eigenvalue weighted by atomic mass is 10.1. The molecule has 0 atom stereocenters. The Labute approximate surface area is 143 Å². The molecule has 0 spiro atoms. The van der Waals surface area contributed by atoms with Crippen molar-refractivity contribution in [3.05, 3.63) is 65.1 Å². The molecule has 0 N–H and O–H groups in total. The molecular formula is C19H14FNO4. The van der Waals surface area contributed by atoms with Gasteiger partial charge in [-0.05, 0) is 35.9 Å². The van der Waals surface area contributed by atoms with Gasteiger partial charge >= 0.3 is 5.97 Å². The Morgan fingerprint density at radius 3 is 2.68 bits per heavy atom. The number of carbonyl (C=O) groups is 1. The molecule has 4 rings (SSSR count). The molecule has 0 saturated carbocycles. The lowest BCUT2D eigenvalue weighted by Crippen LogP contribution is -2.07. The standard InChI is InChI=1S/C19H14FNO4/c20-14-5-2-1-4-13(14)18-21-15(19(22)25-18)10-12-6-7-16-17(11-12)24-9-3-8-23-16/h1-2,4-7,10-11H,3,8-9H2/b15-10+. The Morgan fingerprint density at radius 1 is 1.04 bits per heavy atom. The topological polar surface area (TPSA) is 57.1 Å². The van der Waals surface area contributed by atoms with Gasteiger partial charge in [-0.2, -0.15) is 0 Å². The van der Waals surface area contributed by atoms with Crippen molar-refractivity contribution in [2.24, 2.45) is 4.99 Å². The van der Waals surface area contributed by atoms with Crippen molar-refractivity contribution in [1.29, 1.82) is 0 Å². The summed E-state index contributed by atoms with van der Waals surface area (Å²) in [6.07, 6.45) is 2.39. The van der Waals surface area contributed by atoms with Gasteiger partial charge in [-0.25, -0.2) is 14.2 Å². The fraction of sp³-hybridized carbons (Fsp3) is 0.158. The van der Waals surface area contributed by atoms with Gasteiger partial charge in [-0.15, -0.1) is 0 Å². The van der Waals surface area contributed by atoms with Crippen molar-refractivity contribution in [1.82, 2.24) is 0 Å². The van der Waals surface area contributed by atoms with Crippen LogP contribution in [0.5, 0.6) is 11.5 Å². The van der Waals surface area contributed by atoms with E-state index in [0.29, 0.717) is 24.7 Å². The van der Waals surface area contributed by atoms with E-state index in [0.717, 1.165) is 12.0 Å². The van der Waals surface area contributed by atoms with E-state index in [9.17, 15) is 9.18 Å². The highest BCUT2D eigenvalue weighted by Crippen LogP contribution is 2.31. The highest BCUT2D eigenvalue weighted by molar-refractivity contribution is 6.12. The summed E-state index contributed by atoms with van der Waals surface area (Å²) in [5, 5.41) is 0. The molecule has 2 aliphatic heterocycles. The molecule has 0 bridgehead atoms. The quantitative estimate of drug-likeness (QED) is 0.622. The Balaban J connectivity index is 1.66. The van der Waals surface area contributed by atoms with Crippen LogP contribution < -0.4 is 9.47 Å². The maximum atomic E-state index is 13.8. The van der Waals surface area contributed by atoms with Crippen LogP contribution in [0.1, 0.15) is 17.5 Å². The molecule has 0 aliphatic carbocycles. The summed E-state index contributed by atoms with van der Waals surface area (Å²) >= 11 is 0. The highest BCUT2D eigenvalue weighted by Gasteiger charge is 2.26. The second kappa shape index (κ2) is 6.39. The van der Waals surface area contributed by atoms with Crippen molar-refractivity contribution in [2.75, 3.05) is 13.2 Å². The lowest BCUT2D eigenvalue weighted by molar-refractivity contribution is -0.129. The van der Waals surface area contributed by atoms with Gasteiger partial charge < -0.3 is 14.2 Å². The SMILES string of the molecule is O=C1OC(c2ccccc2F)=N/C1=C/c1ccc2c(c1)OCCCO2. The molecule has 0 aromatic heterocycles. The summed E-state index contributed by atoms with van der Waals surface area (Å²) in [7, 11) is 0. The first-order valence-corrected chi connectivity index (χ1v) is 7.88. The first-order chi connectivity index (χ1) is 12.2. The Hall–Kier alpha value is -3.15. The van der Waals surface area contributed by atoms with E-state index in [1.807, 2.05) is 0 Å². The van der Waals surface area contributed by atoms with Gasteiger partial charge in [-0.3, -0.25) is 0 Å². The summed E-state index contributed by atoms with van der Waals surface area (Å²) < 4.78 is 30.1. The number of fused-ring (bicyclic) bond motifs is 1. The van der Waals surface area contributed by atoms with Gasteiger partial charge in [0.05, 0.1) is 18.8 Å². The first-order valence-electron chi connectivity index (χ1n) is 7.88. The Morgan fingerprint density at radius 2 is 1.84 bits per heavy atom. The maximum Gasteiger partial charge on any atom is 0.363 e. The number of hydrogen-bond donors (Lipinski definition) is 0. The minimum absolute atomic E-state index is 0.0382. The number of carbonyl (C=O) groups excluding carboxylic acids is 1. The van der Waals surface area contributed by atoms with Crippen molar-refractivity contribution in [3.8, 4) is 11.5 Å². The van der Waals surface area contributed by atoms with Gasteiger partial charge in [0.1, 0.15) is 5.82 Å². The zero-order chi connectivity index (χ0) is 17.2. The second-order valence-electron chi connectivity index (χ2n) is 5.57. The van der Waals surface area contributed by atoms with Crippen LogP contribution in [0, 0.1) is 5.82 Å². The zero-order valence-electron chi connectivity index (χ0n) is 13.2. The van der Waals surface area contributed by atoms with Crippen molar-refractivity contribution < 1.29 is 23.4 Å². The minimum atomic E-state index is -0.620. The second-order valence-corrected chi connectivity index (χ2v) is 5.57. The van der Waals surface area contributed by atoms with Gasteiger partial charge in [0.25, 0.3) is 0 Å². The van der Waals surface area contributed by atoms with E-state index in [-0.39, 0.29) is 17.2 Å². The highest BCUT2D eigenvalue weighted by atomic mass is 19.1. The number of benzene rings is 2. The zero-order valence-corrected chi connectivity index (χ0v) is 13.2. The summed E-state index contributed by atoms with van der Waals surface area (Å²) in [4.78, 5) is 16.2. The van der Waals surface area contributed by atoms with Gasteiger partial charge in [0.2, 0.25) is 5.90 Å². The van der Waals surface area contributed by atoms with E-state index >= 15 is 0 Å². The van der Waals surface area contributed by atoms with E-state index in [4.69, 9.17) is 14.2 Å². The van der Waals surface area contributed by atoms with Crippen LogP contribution in [0.2, 0.25) is 0 Å². The molecule has 2 aliphatic rings. The Bertz CT molecular complexity index is 904. The van der Waals surface area contributed by atoms with Crippen LogP contribution in [0.15, 0.2) is 53.2 Å². The molecule has 0 radical (unpaired) electrons. The van der Waals surface area contributed by atoms with Crippen molar-refractivity contribution in [2.45, 2.75) is 6.42 Å². The summed E-state index contributed by atoms with van der Waals surface area (Å²) in [5.41, 5.74) is 0.973. The third-order valence-electron chi connectivity index (χ3n) is 3.80. The molecule has 25 heavy (non-hydrogen) atoms. The predicted octanol–water partition coefficient (Wildman–Crippen LogP) is 3.33. The third-order valence-corrected chi connectivity index (χ3v) is 3.80. The van der Waals surface area contributed by atoms with Crippen LogP contribution in [0.25, 0.3) is 6.08 Å². The minimum Gasteiger partial charge on any atom is -0.490 e. The van der Waals surface area contributed by atoms with Crippen LogP contribution in [-0.4, -0.2) is 25.1 Å². The molecule has 5 nitrogen and oxygen atoms in total. The monoisotopic (exact) mass is 339 g/mol. The smallest absolute Gasteiger partial charge is 0.363 e. The van der Waals surface area contributed by atoms with Crippen LogP contribution in [-0.2, 0) is 9.53 Å². The summed E-state index contributed by atoms with van der Waals surface area (Å²) in [6, 6.07) is 11.4. The molecule has 2 aromatic rings. The molecule has 0 saturated heterocycles. The van der Waals surface area contributed by atoms with E-state index in [2.05, 4.69) is 4.99 Å². The number of halogens is 1. The third kappa shape index (κ3) is 3.10. The lowest BCUT2D eigenvalue weighted by Gasteiger charge is -2.07.